The van der Waals surface area contributed by atoms with E-state index in [1.165, 1.54) is 38.5 Å². The van der Waals surface area contributed by atoms with Gasteiger partial charge in [-0.25, -0.2) is 0 Å². The molecular formula is C19H31NO2. The molecule has 0 aromatic carbocycles. The second-order valence-corrected chi connectivity index (χ2v) is 9.70. The van der Waals surface area contributed by atoms with Crippen LogP contribution in [0.2, 0.25) is 0 Å². The lowest BCUT2D eigenvalue weighted by Gasteiger charge is -2.59. The van der Waals surface area contributed by atoms with Crippen molar-refractivity contribution in [1.82, 2.24) is 0 Å². The van der Waals surface area contributed by atoms with Crippen LogP contribution in [0.3, 0.4) is 0 Å². The fourth-order valence-electron chi connectivity index (χ4n) is 7.59. The van der Waals surface area contributed by atoms with Gasteiger partial charge in [0.05, 0.1) is 18.3 Å². The van der Waals surface area contributed by atoms with Crippen LogP contribution in [0.25, 0.3) is 0 Å². The first kappa shape index (κ1) is 14.2. The van der Waals surface area contributed by atoms with Gasteiger partial charge < -0.3 is 15.6 Å². The average Bonchev–Trinajstić information content (AvgIpc) is 3.18. The van der Waals surface area contributed by atoms with E-state index in [0.717, 1.165) is 24.2 Å². The molecule has 1 aliphatic heterocycles. The number of hydrogen-bond acceptors (Lipinski definition) is 3. The molecule has 1 unspecified atom stereocenters. The van der Waals surface area contributed by atoms with Crippen molar-refractivity contribution < 1.29 is 9.84 Å². The molecule has 0 bridgehead atoms. The summed E-state index contributed by atoms with van der Waals surface area (Å²) in [5, 5.41) is 10.6. The summed E-state index contributed by atoms with van der Waals surface area (Å²) in [5.41, 5.74) is 6.83. The molecule has 0 aromatic rings. The molecule has 0 amide bonds. The highest BCUT2D eigenvalue weighted by Crippen LogP contribution is 2.67. The van der Waals surface area contributed by atoms with Gasteiger partial charge in [-0.15, -0.1) is 0 Å². The van der Waals surface area contributed by atoms with Crippen molar-refractivity contribution in [1.29, 1.82) is 0 Å². The molecule has 5 aliphatic rings. The fourth-order valence-corrected chi connectivity index (χ4v) is 7.59. The average molecular weight is 305 g/mol. The molecule has 1 heterocycles. The van der Waals surface area contributed by atoms with Crippen LogP contribution in [-0.4, -0.2) is 29.5 Å². The Kier molecular flexibility index (Phi) is 2.77. The monoisotopic (exact) mass is 305 g/mol. The molecule has 0 radical (unpaired) electrons. The lowest BCUT2D eigenvalue weighted by molar-refractivity contribution is -0.117. The zero-order valence-corrected chi connectivity index (χ0v) is 14.0. The summed E-state index contributed by atoms with van der Waals surface area (Å²) < 4.78 is 5.90. The van der Waals surface area contributed by atoms with Crippen LogP contribution in [0, 0.1) is 34.5 Å². The van der Waals surface area contributed by atoms with Crippen molar-refractivity contribution in [2.45, 2.75) is 83.1 Å². The summed E-state index contributed by atoms with van der Waals surface area (Å²) in [6.07, 6.45) is 9.75. The summed E-state index contributed by atoms with van der Waals surface area (Å²) in [6.45, 7) is 4.89. The SMILES string of the molecule is C[C@]12CC[C@H]3[C@@H](CCC4C[C@@H]5O[C@@H]5C[C@@]43C)[C@@H]1C[C@H](N)[C@@H]2O. The number of aliphatic hydroxyl groups excluding tert-OH is 1. The predicted octanol–water partition coefficient (Wildman–Crippen LogP) is 2.70. The first-order valence-electron chi connectivity index (χ1n) is 9.52. The quantitative estimate of drug-likeness (QED) is 0.677. The first-order valence-corrected chi connectivity index (χ1v) is 9.52. The second-order valence-electron chi connectivity index (χ2n) is 9.70. The largest absolute Gasteiger partial charge is 0.391 e. The number of rotatable bonds is 0. The van der Waals surface area contributed by atoms with E-state index < -0.39 is 0 Å². The molecule has 3 heteroatoms. The third-order valence-electron chi connectivity index (χ3n) is 8.96. The first-order chi connectivity index (χ1) is 10.4. The van der Waals surface area contributed by atoms with E-state index in [0.29, 0.717) is 23.5 Å². The van der Waals surface area contributed by atoms with E-state index in [1.807, 2.05) is 0 Å². The van der Waals surface area contributed by atoms with Gasteiger partial charge in [-0.2, -0.15) is 0 Å². The van der Waals surface area contributed by atoms with Gasteiger partial charge in [-0.1, -0.05) is 13.8 Å². The molecule has 4 aliphatic carbocycles. The number of ether oxygens (including phenoxy) is 1. The molecule has 4 saturated carbocycles. The van der Waals surface area contributed by atoms with Crippen LogP contribution >= 0.6 is 0 Å². The van der Waals surface area contributed by atoms with Crippen LogP contribution in [0.1, 0.15) is 58.8 Å². The van der Waals surface area contributed by atoms with Gasteiger partial charge in [0.2, 0.25) is 0 Å². The maximum atomic E-state index is 10.6. The van der Waals surface area contributed by atoms with Crippen molar-refractivity contribution in [3.63, 3.8) is 0 Å². The van der Waals surface area contributed by atoms with Gasteiger partial charge in [-0.05, 0) is 79.4 Å². The second kappa shape index (κ2) is 4.29. The number of fused-ring (bicyclic) bond motifs is 6. The van der Waals surface area contributed by atoms with Crippen LogP contribution in [-0.2, 0) is 4.74 Å². The smallest absolute Gasteiger partial charge is 0.0847 e. The number of hydrogen-bond donors (Lipinski definition) is 2. The predicted molar refractivity (Wildman–Crippen MR) is 85.1 cm³/mol. The highest BCUT2D eigenvalue weighted by molar-refractivity contribution is 5.14. The maximum absolute atomic E-state index is 10.6. The van der Waals surface area contributed by atoms with Crippen molar-refractivity contribution in [2.75, 3.05) is 0 Å². The highest BCUT2D eigenvalue weighted by atomic mass is 16.6. The van der Waals surface area contributed by atoms with E-state index in [-0.39, 0.29) is 17.6 Å². The van der Waals surface area contributed by atoms with E-state index in [2.05, 4.69) is 13.8 Å². The Bertz CT molecular complexity index is 496. The number of aliphatic hydroxyl groups is 1. The molecule has 124 valence electrons. The van der Waals surface area contributed by atoms with E-state index in [4.69, 9.17) is 10.5 Å². The molecule has 10 atom stereocenters. The maximum Gasteiger partial charge on any atom is 0.0847 e. The Labute approximate surface area is 134 Å². The van der Waals surface area contributed by atoms with Gasteiger partial charge in [0, 0.05) is 6.04 Å². The lowest BCUT2D eigenvalue weighted by Crippen LogP contribution is -2.54. The molecule has 1 saturated heterocycles. The number of epoxide rings is 1. The van der Waals surface area contributed by atoms with Crippen LogP contribution in [0.5, 0.6) is 0 Å². The molecule has 0 spiro atoms. The topological polar surface area (TPSA) is 58.8 Å². The summed E-state index contributed by atoms with van der Waals surface area (Å²) in [4.78, 5) is 0. The minimum atomic E-state index is -0.286. The summed E-state index contributed by atoms with van der Waals surface area (Å²) in [7, 11) is 0. The molecule has 22 heavy (non-hydrogen) atoms. The Morgan fingerprint density at radius 2 is 1.82 bits per heavy atom. The molecule has 3 N–H and O–H groups in total. The third kappa shape index (κ3) is 1.63. The van der Waals surface area contributed by atoms with Gasteiger partial charge in [0.15, 0.2) is 0 Å². The Hall–Kier alpha value is -0.120. The number of nitrogens with two attached hydrogens (primary N) is 1. The minimum absolute atomic E-state index is 0.00165. The summed E-state index contributed by atoms with van der Waals surface area (Å²) in [6, 6.07) is 0.00165. The Morgan fingerprint density at radius 1 is 1.00 bits per heavy atom. The summed E-state index contributed by atoms with van der Waals surface area (Å²) >= 11 is 0. The Balaban J connectivity index is 1.47. The van der Waals surface area contributed by atoms with Gasteiger partial charge in [0.1, 0.15) is 0 Å². The van der Waals surface area contributed by atoms with E-state index in [1.54, 1.807) is 0 Å². The van der Waals surface area contributed by atoms with Crippen molar-refractivity contribution >= 4 is 0 Å². The van der Waals surface area contributed by atoms with Crippen LogP contribution < -0.4 is 5.73 Å². The highest BCUT2D eigenvalue weighted by Gasteiger charge is 2.64. The molecule has 0 aromatic heterocycles. The summed E-state index contributed by atoms with van der Waals surface area (Å²) in [5.74, 6) is 3.15. The normalized spacial score (nSPS) is 66.0. The van der Waals surface area contributed by atoms with Crippen molar-refractivity contribution in [2.24, 2.45) is 40.2 Å². The fraction of sp³-hybridized carbons (Fsp3) is 1.00. The lowest BCUT2D eigenvalue weighted by atomic mass is 9.45. The zero-order valence-electron chi connectivity index (χ0n) is 14.0. The van der Waals surface area contributed by atoms with Crippen LogP contribution in [0.15, 0.2) is 0 Å². The Morgan fingerprint density at radius 3 is 2.64 bits per heavy atom. The van der Waals surface area contributed by atoms with Crippen LogP contribution in [0.4, 0.5) is 0 Å². The molecule has 5 rings (SSSR count). The van der Waals surface area contributed by atoms with Crippen molar-refractivity contribution in [3.8, 4) is 0 Å². The van der Waals surface area contributed by atoms with E-state index in [9.17, 15) is 5.11 Å². The third-order valence-corrected chi connectivity index (χ3v) is 8.96. The van der Waals surface area contributed by atoms with Gasteiger partial charge >= 0.3 is 0 Å². The standard InChI is InChI=1S/C19H31NO2/c1-18-6-5-12-11(13(18)8-14(20)17(18)21)4-3-10-7-15-16(22-15)9-19(10,12)2/h10-17,21H,3-9,20H2,1-2H3/t10?,11-,12+,13+,14+,15+,16-,17+,18+,19+/m1/s1. The van der Waals surface area contributed by atoms with Gasteiger partial charge in [-0.3, -0.25) is 0 Å². The van der Waals surface area contributed by atoms with Gasteiger partial charge in [0.25, 0.3) is 0 Å². The minimum Gasteiger partial charge on any atom is -0.391 e. The molecular weight excluding hydrogens is 274 g/mol. The molecule has 3 nitrogen and oxygen atoms in total. The zero-order chi connectivity index (χ0) is 15.3. The van der Waals surface area contributed by atoms with E-state index >= 15 is 0 Å². The van der Waals surface area contributed by atoms with Crippen molar-refractivity contribution in [3.05, 3.63) is 0 Å². The molecule has 5 fully saturated rings.